The molecule has 0 radical (unpaired) electrons. The van der Waals surface area contributed by atoms with Crippen LogP contribution in [-0.4, -0.2) is 15.9 Å². The lowest BCUT2D eigenvalue weighted by Gasteiger charge is -2.08. The Morgan fingerprint density at radius 1 is 0.964 bits per heavy atom. The maximum atomic E-state index is 13.3. The normalized spacial score (nSPS) is 11.7. The summed E-state index contributed by atoms with van der Waals surface area (Å²) in [7, 11) is 0. The van der Waals surface area contributed by atoms with Crippen molar-refractivity contribution in [2.75, 3.05) is 0 Å². The van der Waals surface area contributed by atoms with Crippen molar-refractivity contribution in [1.29, 1.82) is 0 Å². The van der Waals surface area contributed by atoms with Gasteiger partial charge < -0.3 is 5.11 Å². The van der Waals surface area contributed by atoms with Crippen molar-refractivity contribution >= 4 is 39.0 Å². The monoisotopic (exact) mass is 385 g/mol. The van der Waals surface area contributed by atoms with E-state index in [-0.39, 0.29) is 11.5 Å². The van der Waals surface area contributed by atoms with E-state index in [4.69, 9.17) is 4.98 Å². The van der Waals surface area contributed by atoms with Crippen LogP contribution in [0, 0.1) is 13.8 Å². The molecule has 0 unspecified atom stereocenters. The number of nitrogens with zero attached hydrogens (tertiary/aromatic N) is 1. The van der Waals surface area contributed by atoms with Crippen LogP contribution < -0.4 is 0 Å². The lowest BCUT2D eigenvalue weighted by atomic mass is 9.99. The summed E-state index contributed by atoms with van der Waals surface area (Å²) in [6.07, 6.45) is 1.87. The van der Waals surface area contributed by atoms with Crippen molar-refractivity contribution in [2.45, 2.75) is 13.8 Å². The number of aryl methyl sites for hydroxylation is 2. The molecule has 0 bridgehead atoms. The summed E-state index contributed by atoms with van der Waals surface area (Å²) in [6.45, 7) is 3.71. The summed E-state index contributed by atoms with van der Waals surface area (Å²) in [5, 5.41) is 10.8. The lowest BCUT2D eigenvalue weighted by molar-refractivity contribution is 0.105. The number of hydrogen-bond acceptors (Lipinski definition) is 4. The van der Waals surface area contributed by atoms with Crippen LogP contribution in [0.2, 0.25) is 0 Å². The molecule has 1 aromatic heterocycles. The molecule has 0 saturated heterocycles. The van der Waals surface area contributed by atoms with E-state index in [1.54, 1.807) is 0 Å². The van der Waals surface area contributed by atoms with Crippen molar-refractivity contribution in [2.24, 2.45) is 0 Å². The fourth-order valence-electron chi connectivity index (χ4n) is 3.20. The molecule has 0 aliphatic heterocycles. The average Bonchev–Trinajstić information content (AvgIpc) is 3.14. The molecule has 3 aromatic carbocycles. The number of fused-ring (bicyclic) bond motifs is 1. The van der Waals surface area contributed by atoms with Crippen molar-refractivity contribution in [3.63, 3.8) is 0 Å². The van der Waals surface area contributed by atoms with Gasteiger partial charge in [-0.2, -0.15) is 0 Å². The highest BCUT2D eigenvalue weighted by atomic mass is 32.1. The number of carbonyl (C=O) groups excluding carboxylic acids is 1. The van der Waals surface area contributed by atoms with Gasteiger partial charge in [-0.3, -0.25) is 4.79 Å². The first-order valence-electron chi connectivity index (χ1n) is 9.00. The Hall–Kier alpha value is -3.24. The zero-order valence-electron chi connectivity index (χ0n) is 15.6. The zero-order chi connectivity index (χ0) is 19.7. The molecule has 0 amide bonds. The highest BCUT2D eigenvalue weighted by Crippen LogP contribution is 2.32. The van der Waals surface area contributed by atoms with E-state index in [1.165, 1.54) is 11.3 Å². The fourth-order valence-corrected chi connectivity index (χ4v) is 4.17. The Labute approximate surface area is 167 Å². The predicted octanol–water partition coefficient (Wildman–Crippen LogP) is 6.04. The second-order valence-electron chi connectivity index (χ2n) is 6.74. The summed E-state index contributed by atoms with van der Waals surface area (Å²) in [5.41, 5.74) is 4.49. The van der Waals surface area contributed by atoms with Crippen molar-refractivity contribution in [1.82, 2.24) is 4.98 Å². The molecule has 0 aliphatic rings. The van der Waals surface area contributed by atoms with Crippen LogP contribution in [0.25, 0.3) is 21.9 Å². The van der Waals surface area contributed by atoms with Crippen LogP contribution in [-0.2, 0) is 0 Å². The third-order valence-electron chi connectivity index (χ3n) is 4.63. The van der Waals surface area contributed by atoms with E-state index in [0.29, 0.717) is 16.1 Å². The molecule has 0 fully saturated rings. The molecule has 28 heavy (non-hydrogen) atoms. The van der Waals surface area contributed by atoms with Gasteiger partial charge >= 0.3 is 0 Å². The first-order valence-corrected chi connectivity index (χ1v) is 9.82. The Bertz CT molecular complexity index is 1150. The number of carbonyl (C=O) groups is 1. The SMILES string of the molecule is Cc1cc(/C=C(/C(=O)c2ccccc2)c2nc3ccccc3s2)cc(C)c1O. The highest BCUT2D eigenvalue weighted by molar-refractivity contribution is 7.20. The van der Waals surface area contributed by atoms with E-state index >= 15 is 0 Å². The number of rotatable bonds is 4. The predicted molar refractivity (Wildman–Crippen MR) is 116 cm³/mol. The maximum Gasteiger partial charge on any atom is 0.196 e. The number of phenols is 1. The number of Topliss-reactive ketones (excluding diaryl/α,β-unsaturated/α-hetero) is 1. The van der Waals surface area contributed by atoms with Crippen molar-refractivity contribution in [3.8, 4) is 5.75 Å². The summed E-state index contributed by atoms with van der Waals surface area (Å²) in [5.74, 6) is 0.219. The summed E-state index contributed by atoms with van der Waals surface area (Å²) >= 11 is 1.51. The topological polar surface area (TPSA) is 50.2 Å². The molecule has 1 heterocycles. The largest absolute Gasteiger partial charge is 0.507 e. The van der Waals surface area contributed by atoms with Gasteiger partial charge in [0.05, 0.1) is 15.8 Å². The Kier molecular flexibility index (Phi) is 4.80. The number of aromatic hydroxyl groups is 1. The summed E-state index contributed by atoms with van der Waals surface area (Å²) < 4.78 is 1.04. The van der Waals surface area contributed by atoms with Crippen LogP contribution in [0.3, 0.4) is 0 Å². The minimum absolute atomic E-state index is 0.0666. The number of benzene rings is 3. The van der Waals surface area contributed by atoms with Crippen LogP contribution in [0.15, 0.2) is 66.7 Å². The first kappa shape index (κ1) is 18.1. The minimum atomic E-state index is -0.0666. The third kappa shape index (κ3) is 3.47. The fraction of sp³-hybridized carbons (Fsp3) is 0.0833. The lowest BCUT2D eigenvalue weighted by Crippen LogP contribution is -2.02. The second-order valence-corrected chi connectivity index (χ2v) is 7.77. The van der Waals surface area contributed by atoms with Gasteiger partial charge in [0.2, 0.25) is 0 Å². The molecule has 4 aromatic rings. The molecule has 4 heteroatoms. The van der Waals surface area contributed by atoms with E-state index in [0.717, 1.165) is 26.9 Å². The smallest absolute Gasteiger partial charge is 0.196 e. The van der Waals surface area contributed by atoms with Gasteiger partial charge in [-0.1, -0.05) is 42.5 Å². The first-order chi connectivity index (χ1) is 13.5. The van der Waals surface area contributed by atoms with E-state index in [9.17, 15) is 9.90 Å². The Morgan fingerprint density at radius 2 is 1.61 bits per heavy atom. The number of ketones is 1. The number of phenolic OH excluding ortho intramolecular Hbond substituents is 1. The molecular weight excluding hydrogens is 366 g/mol. The van der Waals surface area contributed by atoms with Gasteiger partial charge in [-0.05, 0) is 60.9 Å². The maximum absolute atomic E-state index is 13.3. The number of hydrogen-bond donors (Lipinski definition) is 1. The molecule has 0 atom stereocenters. The van der Waals surface area contributed by atoms with Crippen LogP contribution in [0.5, 0.6) is 5.75 Å². The van der Waals surface area contributed by atoms with Gasteiger partial charge in [-0.25, -0.2) is 4.98 Å². The molecule has 3 nitrogen and oxygen atoms in total. The van der Waals surface area contributed by atoms with Gasteiger partial charge in [0, 0.05) is 5.56 Å². The standard InChI is InChI=1S/C24H19NO2S/c1-15-12-17(13-16(2)22(15)26)14-19(23(27)18-8-4-3-5-9-18)24-25-20-10-6-7-11-21(20)28-24/h3-14,26H,1-2H3/b19-14-. The zero-order valence-corrected chi connectivity index (χ0v) is 16.5. The van der Waals surface area contributed by atoms with Gasteiger partial charge in [0.25, 0.3) is 0 Å². The number of thiazole rings is 1. The quantitative estimate of drug-likeness (QED) is 0.344. The number of allylic oxidation sites excluding steroid dienone is 1. The summed E-state index contributed by atoms with van der Waals surface area (Å²) in [6, 6.07) is 20.9. The van der Waals surface area contributed by atoms with Crippen LogP contribution >= 0.6 is 11.3 Å². The van der Waals surface area contributed by atoms with E-state index in [2.05, 4.69) is 0 Å². The molecule has 0 saturated carbocycles. The van der Waals surface area contributed by atoms with Crippen molar-refractivity contribution in [3.05, 3.63) is 94.0 Å². The average molecular weight is 385 g/mol. The van der Waals surface area contributed by atoms with Crippen LogP contribution in [0.4, 0.5) is 0 Å². The third-order valence-corrected chi connectivity index (χ3v) is 5.70. The van der Waals surface area contributed by atoms with Gasteiger partial charge in [0.15, 0.2) is 5.78 Å². The molecule has 138 valence electrons. The second kappa shape index (κ2) is 7.41. The number of para-hydroxylation sites is 1. The van der Waals surface area contributed by atoms with Gasteiger partial charge in [0.1, 0.15) is 10.8 Å². The molecule has 4 rings (SSSR count). The molecular formula is C24H19NO2S. The highest BCUT2D eigenvalue weighted by Gasteiger charge is 2.18. The van der Waals surface area contributed by atoms with E-state index in [1.807, 2.05) is 86.7 Å². The molecule has 1 N–H and O–H groups in total. The van der Waals surface area contributed by atoms with Crippen molar-refractivity contribution < 1.29 is 9.90 Å². The molecule has 0 aliphatic carbocycles. The van der Waals surface area contributed by atoms with E-state index < -0.39 is 0 Å². The minimum Gasteiger partial charge on any atom is -0.507 e. The Morgan fingerprint density at radius 3 is 2.29 bits per heavy atom. The summed E-state index contributed by atoms with van der Waals surface area (Å²) in [4.78, 5) is 18.0. The molecule has 0 spiro atoms. The number of aromatic nitrogens is 1. The Balaban J connectivity index is 1.89. The van der Waals surface area contributed by atoms with Crippen LogP contribution in [0.1, 0.15) is 32.1 Å². The van der Waals surface area contributed by atoms with Gasteiger partial charge in [-0.15, -0.1) is 11.3 Å².